The van der Waals surface area contributed by atoms with Gasteiger partial charge in [-0.25, -0.2) is 0 Å². The maximum atomic E-state index is 9.55. The number of benzene rings is 1. The lowest BCUT2D eigenvalue weighted by Gasteiger charge is -2.20. The Balaban J connectivity index is 1.78. The van der Waals surface area contributed by atoms with Gasteiger partial charge >= 0.3 is 0 Å². The standard InChI is InChI=1S/C17H23N5O/c1-11(23)12-7-9-14(10-8-12)19-17-21-15(20-16(18)22-17)13-5-3-2-4-6-13/h7-11,13,23H,2-6H2,1H3,(H3,18,19,20,21,22)/t11-/m1/s1. The number of nitrogens with one attached hydrogen (secondary N) is 1. The van der Waals surface area contributed by atoms with Gasteiger partial charge in [0.25, 0.3) is 0 Å². The zero-order valence-electron chi connectivity index (χ0n) is 13.4. The maximum Gasteiger partial charge on any atom is 0.232 e. The van der Waals surface area contributed by atoms with Gasteiger partial charge in [-0.3, -0.25) is 0 Å². The van der Waals surface area contributed by atoms with Crippen molar-refractivity contribution in [2.24, 2.45) is 0 Å². The molecule has 6 heteroatoms. The fraction of sp³-hybridized carbons (Fsp3) is 0.471. The monoisotopic (exact) mass is 313 g/mol. The van der Waals surface area contributed by atoms with Crippen molar-refractivity contribution in [2.45, 2.75) is 51.0 Å². The van der Waals surface area contributed by atoms with E-state index in [0.29, 0.717) is 11.9 Å². The summed E-state index contributed by atoms with van der Waals surface area (Å²) in [6, 6.07) is 7.53. The van der Waals surface area contributed by atoms with Gasteiger partial charge in [0.05, 0.1) is 6.10 Å². The largest absolute Gasteiger partial charge is 0.389 e. The first-order valence-electron chi connectivity index (χ1n) is 8.18. The summed E-state index contributed by atoms with van der Waals surface area (Å²) < 4.78 is 0. The van der Waals surface area contributed by atoms with Crippen LogP contribution < -0.4 is 11.1 Å². The molecule has 1 aromatic heterocycles. The Morgan fingerprint density at radius 2 is 1.78 bits per heavy atom. The lowest BCUT2D eigenvalue weighted by atomic mass is 9.89. The quantitative estimate of drug-likeness (QED) is 0.801. The number of rotatable bonds is 4. The van der Waals surface area contributed by atoms with Crippen LogP contribution in [0.4, 0.5) is 17.6 Å². The molecule has 0 bridgehead atoms. The van der Waals surface area contributed by atoms with Crippen molar-refractivity contribution >= 4 is 17.6 Å². The Kier molecular flexibility index (Phi) is 4.71. The van der Waals surface area contributed by atoms with Crippen LogP contribution in [0.25, 0.3) is 0 Å². The van der Waals surface area contributed by atoms with E-state index in [1.54, 1.807) is 6.92 Å². The molecule has 0 radical (unpaired) electrons. The van der Waals surface area contributed by atoms with Crippen LogP contribution in [0.15, 0.2) is 24.3 Å². The Morgan fingerprint density at radius 1 is 1.09 bits per heavy atom. The minimum absolute atomic E-state index is 0.253. The zero-order chi connectivity index (χ0) is 16.2. The molecule has 0 amide bonds. The number of aliphatic hydroxyl groups is 1. The Labute approximate surface area is 136 Å². The zero-order valence-corrected chi connectivity index (χ0v) is 13.4. The van der Waals surface area contributed by atoms with Crippen molar-refractivity contribution in [3.63, 3.8) is 0 Å². The highest BCUT2D eigenvalue weighted by atomic mass is 16.3. The molecule has 2 aromatic rings. The van der Waals surface area contributed by atoms with Crippen LogP contribution in [0.5, 0.6) is 0 Å². The van der Waals surface area contributed by atoms with Crippen molar-refractivity contribution in [2.75, 3.05) is 11.1 Å². The highest BCUT2D eigenvalue weighted by Crippen LogP contribution is 2.31. The molecular formula is C17H23N5O. The highest BCUT2D eigenvalue weighted by Gasteiger charge is 2.19. The minimum Gasteiger partial charge on any atom is -0.389 e. The lowest BCUT2D eigenvalue weighted by Crippen LogP contribution is -2.13. The topological polar surface area (TPSA) is 97.0 Å². The van der Waals surface area contributed by atoms with E-state index in [1.165, 1.54) is 19.3 Å². The first-order chi connectivity index (χ1) is 11.1. The number of hydrogen-bond acceptors (Lipinski definition) is 6. The molecular weight excluding hydrogens is 290 g/mol. The molecule has 1 heterocycles. The van der Waals surface area contributed by atoms with E-state index in [4.69, 9.17) is 5.73 Å². The van der Waals surface area contributed by atoms with Crippen LogP contribution in [0.3, 0.4) is 0 Å². The molecule has 1 aromatic carbocycles. The summed E-state index contributed by atoms with van der Waals surface area (Å²) in [5, 5.41) is 12.7. The molecule has 1 saturated carbocycles. The van der Waals surface area contributed by atoms with Crippen LogP contribution in [0.1, 0.15) is 62.4 Å². The molecule has 122 valence electrons. The molecule has 1 atom stereocenters. The van der Waals surface area contributed by atoms with Crippen LogP contribution in [0, 0.1) is 0 Å². The average molecular weight is 313 g/mol. The highest BCUT2D eigenvalue weighted by molar-refractivity contribution is 5.54. The molecule has 3 rings (SSSR count). The molecule has 23 heavy (non-hydrogen) atoms. The lowest BCUT2D eigenvalue weighted by molar-refractivity contribution is 0.199. The second kappa shape index (κ2) is 6.91. The number of nitrogens with zero attached hydrogens (tertiary/aromatic N) is 3. The van der Waals surface area contributed by atoms with E-state index in [-0.39, 0.29) is 5.95 Å². The molecule has 1 fully saturated rings. The van der Waals surface area contributed by atoms with Gasteiger partial charge in [-0.1, -0.05) is 31.4 Å². The van der Waals surface area contributed by atoms with Crippen molar-refractivity contribution < 1.29 is 5.11 Å². The van der Waals surface area contributed by atoms with Crippen molar-refractivity contribution in [3.05, 3.63) is 35.7 Å². The Hall–Kier alpha value is -2.21. The molecule has 0 saturated heterocycles. The first kappa shape index (κ1) is 15.7. The van der Waals surface area contributed by atoms with Gasteiger partial charge in [-0.2, -0.15) is 15.0 Å². The van der Waals surface area contributed by atoms with Gasteiger partial charge in [0.2, 0.25) is 11.9 Å². The summed E-state index contributed by atoms with van der Waals surface area (Å²) in [6.07, 6.45) is 5.49. The van der Waals surface area contributed by atoms with Gasteiger partial charge in [0.1, 0.15) is 5.82 Å². The predicted molar refractivity (Wildman–Crippen MR) is 90.4 cm³/mol. The van der Waals surface area contributed by atoms with Gasteiger partial charge in [0, 0.05) is 11.6 Å². The second-order valence-electron chi connectivity index (χ2n) is 6.13. The average Bonchev–Trinajstić information content (AvgIpc) is 2.55. The van der Waals surface area contributed by atoms with E-state index < -0.39 is 6.10 Å². The maximum absolute atomic E-state index is 9.55. The molecule has 1 aliphatic carbocycles. The SMILES string of the molecule is C[C@@H](O)c1ccc(Nc2nc(N)nc(C3CCCCC3)n2)cc1. The van der Waals surface area contributed by atoms with Gasteiger partial charge in [0.15, 0.2) is 0 Å². The summed E-state index contributed by atoms with van der Waals surface area (Å²) in [5.74, 6) is 1.90. The Bertz CT molecular complexity index is 651. The fourth-order valence-corrected chi connectivity index (χ4v) is 2.98. The van der Waals surface area contributed by atoms with E-state index in [9.17, 15) is 5.11 Å². The van der Waals surface area contributed by atoms with Gasteiger partial charge in [-0.05, 0) is 37.5 Å². The van der Waals surface area contributed by atoms with Gasteiger partial charge in [-0.15, -0.1) is 0 Å². The van der Waals surface area contributed by atoms with Gasteiger partial charge < -0.3 is 16.2 Å². The van der Waals surface area contributed by atoms with Crippen molar-refractivity contribution in [3.8, 4) is 0 Å². The molecule has 0 spiro atoms. The van der Waals surface area contributed by atoms with Crippen LogP contribution in [-0.4, -0.2) is 20.1 Å². The minimum atomic E-state index is -0.477. The molecule has 6 nitrogen and oxygen atoms in total. The third kappa shape index (κ3) is 3.96. The summed E-state index contributed by atoms with van der Waals surface area (Å²) in [5.41, 5.74) is 7.57. The van der Waals surface area contributed by atoms with Crippen molar-refractivity contribution in [1.82, 2.24) is 15.0 Å². The smallest absolute Gasteiger partial charge is 0.232 e. The van der Waals surface area contributed by atoms with Crippen LogP contribution in [-0.2, 0) is 0 Å². The Morgan fingerprint density at radius 3 is 2.43 bits per heavy atom. The summed E-state index contributed by atoms with van der Waals surface area (Å²) in [6.45, 7) is 1.74. The summed E-state index contributed by atoms with van der Waals surface area (Å²) in [4.78, 5) is 13.0. The van der Waals surface area contributed by atoms with E-state index in [1.807, 2.05) is 24.3 Å². The second-order valence-corrected chi connectivity index (χ2v) is 6.13. The normalized spacial score (nSPS) is 17.0. The predicted octanol–water partition coefficient (Wildman–Crippen LogP) is 3.30. The number of nitrogen functional groups attached to an aromatic ring is 1. The molecule has 0 unspecified atom stereocenters. The summed E-state index contributed by atoms with van der Waals surface area (Å²) in [7, 11) is 0. The summed E-state index contributed by atoms with van der Waals surface area (Å²) >= 11 is 0. The first-order valence-corrected chi connectivity index (χ1v) is 8.18. The van der Waals surface area contributed by atoms with E-state index in [0.717, 1.165) is 29.9 Å². The number of aliphatic hydroxyl groups excluding tert-OH is 1. The van der Waals surface area contributed by atoms with E-state index >= 15 is 0 Å². The number of hydrogen-bond donors (Lipinski definition) is 3. The van der Waals surface area contributed by atoms with Crippen LogP contribution in [0.2, 0.25) is 0 Å². The molecule has 4 N–H and O–H groups in total. The number of aromatic nitrogens is 3. The third-order valence-electron chi connectivity index (χ3n) is 4.29. The molecule has 1 aliphatic rings. The van der Waals surface area contributed by atoms with E-state index in [2.05, 4.69) is 20.3 Å². The third-order valence-corrected chi connectivity index (χ3v) is 4.29. The number of nitrogens with two attached hydrogens (primary N) is 1. The van der Waals surface area contributed by atoms with Crippen molar-refractivity contribution in [1.29, 1.82) is 0 Å². The number of anilines is 3. The van der Waals surface area contributed by atoms with Crippen LogP contribution >= 0.6 is 0 Å². The molecule has 0 aliphatic heterocycles. The fourth-order valence-electron chi connectivity index (χ4n) is 2.98.